The molecule has 1 aromatic carbocycles. The van der Waals surface area contributed by atoms with Crippen LogP contribution >= 0.6 is 0 Å². The highest BCUT2D eigenvalue weighted by atomic mass is 16.6. The number of nitrogens with zero attached hydrogens (tertiary/aromatic N) is 2. The lowest BCUT2D eigenvalue weighted by atomic mass is 10.0. The van der Waals surface area contributed by atoms with E-state index in [1.54, 1.807) is 0 Å². The highest BCUT2D eigenvalue weighted by Crippen LogP contribution is 2.24. The van der Waals surface area contributed by atoms with E-state index in [0.717, 1.165) is 13.1 Å². The number of hydrogen-bond donors (Lipinski definition) is 1. The van der Waals surface area contributed by atoms with E-state index in [1.165, 1.54) is 29.7 Å². The fraction of sp³-hybridized carbons (Fsp3) is 0.556. The lowest BCUT2D eigenvalue weighted by Gasteiger charge is -2.35. The predicted molar refractivity (Wildman–Crippen MR) is 90.5 cm³/mol. The van der Waals surface area contributed by atoms with E-state index in [2.05, 4.69) is 22.3 Å². The van der Waals surface area contributed by atoms with Crippen molar-refractivity contribution >= 4 is 12.0 Å². The van der Waals surface area contributed by atoms with Crippen molar-refractivity contribution < 1.29 is 14.3 Å². The van der Waals surface area contributed by atoms with Crippen LogP contribution in [-0.4, -0.2) is 61.1 Å². The molecule has 0 saturated carbocycles. The monoisotopic (exact) mass is 331 g/mol. The van der Waals surface area contributed by atoms with Crippen molar-refractivity contribution in [3.8, 4) is 0 Å². The fourth-order valence-corrected chi connectivity index (χ4v) is 3.37. The average Bonchev–Trinajstić information content (AvgIpc) is 3.02. The van der Waals surface area contributed by atoms with E-state index in [0.29, 0.717) is 19.7 Å². The van der Waals surface area contributed by atoms with Gasteiger partial charge in [-0.2, -0.15) is 0 Å². The summed E-state index contributed by atoms with van der Waals surface area (Å²) in [5.74, 6) is -0.133. The molecule has 1 N–H and O–H groups in total. The number of hydrogen-bond acceptors (Lipinski definition) is 4. The van der Waals surface area contributed by atoms with Crippen LogP contribution in [0.25, 0.3) is 0 Å². The second-order valence-corrected chi connectivity index (χ2v) is 6.36. The second-order valence-electron chi connectivity index (χ2n) is 6.36. The molecule has 1 unspecified atom stereocenters. The number of nitrogens with one attached hydrogen (secondary N) is 1. The van der Waals surface area contributed by atoms with Crippen molar-refractivity contribution in [2.45, 2.75) is 25.3 Å². The van der Waals surface area contributed by atoms with Crippen molar-refractivity contribution in [1.29, 1.82) is 0 Å². The summed E-state index contributed by atoms with van der Waals surface area (Å²) in [5.41, 5.74) is 1.22. The quantitative estimate of drug-likeness (QED) is 0.863. The number of ether oxygens (including phenoxy) is 1. The Labute approximate surface area is 142 Å². The largest absolute Gasteiger partial charge is 0.448 e. The van der Waals surface area contributed by atoms with Crippen LogP contribution in [0.4, 0.5) is 4.79 Å². The molecule has 2 saturated heterocycles. The van der Waals surface area contributed by atoms with Crippen molar-refractivity contribution in [2.75, 3.05) is 39.3 Å². The zero-order chi connectivity index (χ0) is 16.8. The third kappa shape index (κ3) is 4.26. The Morgan fingerprint density at radius 2 is 1.88 bits per heavy atom. The van der Waals surface area contributed by atoms with Crippen LogP contribution in [0.2, 0.25) is 0 Å². The topological polar surface area (TPSA) is 61.9 Å². The number of likely N-dealkylation sites (tertiary alicyclic amines) is 1. The Morgan fingerprint density at radius 1 is 1.12 bits per heavy atom. The van der Waals surface area contributed by atoms with Gasteiger partial charge in [0.05, 0.1) is 12.6 Å². The first-order chi connectivity index (χ1) is 11.7. The Balaban J connectivity index is 1.59. The molecule has 0 aliphatic carbocycles. The molecular formula is C18H25N3O3. The first-order valence-electron chi connectivity index (χ1n) is 8.71. The molecule has 24 heavy (non-hydrogen) atoms. The molecule has 0 bridgehead atoms. The maximum Gasteiger partial charge on any atom is 0.410 e. The van der Waals surface area contributed by atoms with E-state index >= 15 is 0 Å². The number of cyclic esters (lactones) is 1. The number of amides is 2. The third-order valence-electron chi connectivity index (χ3n) is 4.69. The Hall–Kier alpha value is -2.08. The zero-order valence-corrected chi connectivity index (χ0v) is 13.9. The second kappa shape index (κ2) is 8.15. The Kier molecular flexibility index (Phi) is 5.69. The molecule has 1 atom stereocenters. The molecule has 1 aromatic rings. The van der Waals surface area contributed by atoms with Gasteiger partial charge in [0.25, 0.3) is 0 Å². The summed E-state index contributed by atoms with van der Waals surface area (Å²) in [7, 11) is 0. The summed E-state index contributed by atoms with van der Waals surface area (Å²) in [6.45, 7) is 3.61. The molecule has 2 heterocycles. The zero-order valence-electron chi connectivity index (χ0n) is 13.9. The number of carbonyl (C=O) groups excluding carboxylic acids is 2. The number of carbonyl (C=O) groups is 2. The Morgan fingerprint density at radius 3 is 2.54 bits per heavy atom. The van der Waals surface area contributed by atoms with E-state index < -0.39 is 6.09 Å². The predicted octanol–water partition coefficient (Wildman–Crippen LogP) is 1.78. The number of piperidine rings is 1. The summed E-state index contributed by atoms with van der Waals surface area (Å²) in [4.78, 5) is 27.5. The first kappa shape index (κ1) is 16.8. The van der Waals surface area contributed by atoms with Gasteiger partial charge in [-0.15, -0.1) is 0 Å². The Bertz CT molecular complexity index is 558. The van der Waals surface area contributed by atoms with E-state index in [4.69, 9.17) is 4.74 Å². The molecule has 6 nitrogen and oxygen atoms in total. The van der Waals surface area contributed by atoms with Crippen molar-refractivity contribution in [3.05, 3.63) is 35.9 Å². The lowest BCUT2D eigenvalue weighted by molar-refractivity contribution is -0.121. The van der Waals surface area contributed by atoms with Crippen molar-refractivity contribution in [2.24, 2.45) is 0 Å². The minimum absolute atomic E-state index is 0.0698. The SMILES string of the molecule is O=C(CN1CCOC1=O)NCC(c1ccccc1)N1CCCCC1. The highest BCUT2D eigenvalue weighted by Gasteiger charge is 2.26. The van der Waals surface area contributed by atoms with Crippen molar-refractivity contribution in [3.63, 3.8) is 0 Å². The molecule has 2 aliphatic rings. The summed E-state index contributed by atoms with van der Waals surface area (Å²) >= 11 is 0. The summed E-state index contributed by atoms with van der Waals surface area (Å²) in [6.07, 6.45) is 3.29. The van der Waals surface area contributed by atoms with Crippen LogP contribution in [0.15, 0.2) is 30.3 Å². The smallest absolute Gasteiger partial charge is 0.410 e. The van der Waals surface area contributed by atoms with Crippen LogP contribution in [0.3, 0.4) is 0 Å². The van der Waals surface area contributed by atoms with Gasteiger partial charge >= 0.3 is 6.09 Å². The molecule has 0 radical (unpaired) electrons. The van der Waals surface area contributed by atoms with Gasteiger partial charge in [0.15, 0.2) is 0 Å². The van der Waals surface area contributed by atoms with Crippen LogP contribution < -0.4 is 5.32 Å². The maximum absolute atomic E-state index is 12.2. The highest BCUT2D eigenvalue weighted by molar-refractivity contribution is 5.82. The van der Waals surface area contributed by atoms with E-state index in [-0.39, 0.29) is 18.5 Å². The third-order valence-corrected chi connectivity index (χ3v) is 4.69. The van der Waals surface area contributed by atoms with Crippen LogP contribution in [0, 0.1) is 0 Å². The molecule has 2 amide bonds. The normalized spacial score (nSPS) is 19.8. The molecule has 2 fully saturated rings. The van der Waals surface area contributed by atoms with Gasteiger partial charge in [0.1, 0.15) is 13.2 Å². The van der Waals surface area contributed by atoms with Gasteiger partial charge in [-0.25, -0.2) is 4.79 Å². The van der Waals surface area contributed by atoms with Gasteiger partial charge in [-0.3, -0.25) is 14.6 Å². The molecular weight excluding hydrogens is 306 g/mol. The first-order valence-corrected chi connectivity index (χ1v) is 8.71. The van der Waals surface area contributed by atoms with Gasteiger partial charge in [-0.05, 0) is 31.5 Å². The minimum Gasteiger partial charge on any atom is -0.448 e. The van der Waals surface area contributed by atoms with Crippen LogP contribution in [0.1, 0.15) is 30.9 Å². The standard InChI is InChI=1S/C18H25N3O3/c22-17(14-21-11-12-24-18(21)23)19-13-16(15-7-3-1-4-8-15)20-9-5-2-6-10-20/h1,3-4,7-8,16H,2,5-6,9-14H2,(H,19,22). The average molecular weight is 331 g/mol. The van der Waals surface area contributed by atoms with E-state index in [9.17, 15) is 9.59 Å². The molecule has 0 spiro atoms. The lowest BCUT2D eigenvalue weighted by Crippen LogP contribution is -2.43. The summed E-state index contributed by atoms with van der Waals surface area (Å²) in [5, 5.41) is 3.00. The maximum atomic E-state index is 12.2. The van der Waals surface area contributed by atoms with Gasteiger partial charge in [-0.1, -0.05) is 36.8 Å². The fourth-order valence-electron chi connectivity index (χ4n) is 3.37. The van der Waals surface area contributed by atoms with Crippen LogP contribution in [0.5, 0.6) is 0 Å². The number of benzene rings is 1. The molecule has 6 heteroatoms. The number of rotatable bonds is 6. The molecule has 130 valence electrons. The van der Waals surface area contributed by atoms with E-state index in [1.807, 2.05) is 18.2 Å². The molecule has 3 rings (SSSR count). The molecule has 2 aliphatic heterocycles. The van der Waals surface area contributed by atoms with Gasteiger partial charge < -0.3 is 10.1 Å². The van der Waals surface area contributed by atoms with Crippen molar-refractivity contribution in [1.82, 2.24) is 15.1 Å². The van der Waals surface area contributed by atoms with Gasteiger partial charge in [0.2, 0.25) is 5.91 Å². The minimum atomic E-state index is -0.402. The summed E-state index contributed by atoms with van der Waals surface area (Å²) in [6, 6.07) is 10.5. The summed E-state index contributed by atoms with van der Waals surface area (Å²) < 4.78 is 4.86. The van der Waals surface area contributed by atoms with Crippen LogP contribution in [-0.2, 0) is 9.53 Å². The van der Waals surface area contributed by atoms with Gasteiger partial charge in [0, 0.05) is 6.54 Å². The molecule has 0 aromatic heterocycles.